The molecule has 0 bridgehead atoms. The monoisotopic (exact) mass is 477 g/mol. The van der Waals surface area contributed by atoms with Gasteiger partial charge in [0, 0.05) is 23.6 Å². The number of nitro groups is 1. The number of carboxylic acid groups (broad SMARTS) is 1. The van der Waals surface area contributed by atoms with Crippen molar-refractivity contribution >= 4 is 23.5 Å². The van der Waals surface area contributed by atoms with Crippen LogP contribution < -0.4 is 10.6 Å². The largest absolute Gasteiger partial charge is 0.480 e. The maximum absolute atomic E-state index is 12.9. The fourth-order valence-corrected chi connectivity index (χ4v) is 3.51. The Morgan fingerprint density at radius 3 is 2.03 bits per heavy atom. The molecule has 0 aliphatic heterocycles. The van der Waals surface area contributed by atoms with Crippen molar-refractivity contribution < 1.29 is 29.5 Å². The molecule has 10 nitrogen and oxygen atoms in total. The highest BCUT2D eigenvalue weighted by atomic mass is 16.6. The van der Waals surface area contributed by atoms with E-state index in [1.807, 2.05) is 0 Å². The zero-order chi connectivity index (χ0) is 25.4. The summed E-state index contributed by atoms with van der Waals surface area (Å²) in [6, 6.07) is 19.3. The molecule has 35 heavy (non-hydrogen) atoms. The molecular formula is C25H23N3O7. The molecule has 0 spiro atoms. The highest BCUT2D eigenvalue weighted by Crippen LogP contribution is 2.21. The third-order valence-electron chi connectivity index (χ3n) is 5.29. The normalized spacial score (nSPS) is 13.2. The van der Waals surface area contributed by atoms with E-state index in [1.165, 1.54) is 24.3 Å². The van der Waals surface area contributed by atoms with Crippen LogP contribution >= 0.6 is 0 Å². The Balaban J connectivity index is 1.82. The molecule has 0 saturated heterocycles. The van der Waals surface area contributed by atoms with Gasteiger partial charge < -0.3 is 20.8 Å². The van der Waals surface area contributed by atoms with Crippen LogP contribution in [0.15, 0.2) is 84.9 Å². The van der Waals surface area contributed by atoms with Crippen LogP contribution in [0.5, 0.6) is 0 Å². The number of benzene rings is 3. The van der Waals surface area contributed by atoms with Crippen LogP contribution in [0.3, 0.4) is 0 Å². The number of carbonyl (C=O) groups is 3. The summed E-state index contributed by atoms with van der Waals surface area (Å²) in [5.74, 6) is -3.03. The SMILES string of the molecule is O=C(N[C@@H](c1ccccc1)[C@@H](O)C(=O)N[C@@H](Cc1ccccc1[N+](=O)[O-])C(=O)O)c1ccccc1. The van der Waals surface area contributed by atoms with Gasteiger partial charge in [0.15, 0.2) is 6.10 Å². The summed E-state index contributed by atoms with van der Waals surface area (Å²) >= 11 is 0. The van der Waals surface area contributed by atoms with Crippen molar-refractivity contribution in [2.75, 3.05) is 0 Å². The quantitative estimate of drug-likeness (QED) is 0.257. The predicted molar refractivity (Wildman–Crippen MR) is 125 cm³/mol. The summed E-state index contributed by atoms with van der Waals surface area (Å²) in [6.07, 6.45) is -2.23. The Morgan fingerprint density at radius 1 is 0.857 bits per heavy atom. The number of aliphatic hydroxyl groups excluding tert-OH is 1. The molecular weight excluding hydrogens is 454 g/mol. The second kappa shape index (κ2) is 11.5. The van der Waals surface area contributed by atoms with E-state index in [9.17, 15) is 34.7 Å². The number of para-hydroxylation sites is 1. The van der Waals surface area contributed by atoms with Crippen molar-refractivity contribution in [1.29, 1.82) is 0 Å². The van der Waals surface area contributed by atoms with E-state index in [1.54, 1.807) is 60.7 Å². The van der Waals surface area contributed by atoms with E-state index < -0.39 is 40.9 Å². The molecule has 0 heterocycles. The summed E-state index contributed by atoms with van der Waals surface area (Å²) < 4.78 is 0. The molecule has 4 N–H and O–H groups in total. The standard InChI is InChI=1S/C25H23N3O7/c29-22(21(16-9-3-1-4-10-16)27-23(30)17-11-5-2-6-12-17)24(31)26-19(25(32)33)15-18-13-7-8-14-20(18)28(34)35/h1-14,19,21-22,29H,15H2,(H,26,31)(H,27,30)(H,32,33)/t19-,21-,22+/m0/s1. The predicted octanol–water partition coefficient (Wildman–Crippen LogP) is 2.24. The molecule has 3 atom stereocenters. The lowest BCUT2D eigenvalue weighted by Crippen LogP contribution is -2.50. The van der Waals surface area contributed by atoms with Crippen LogP contribution in [0.1, 0.15) is 27.5 Å². The number of nitrogens with one attached hydrogen (secondary N) is 2. The molecule has 3 rings (SSSR count). The van der Waals surface area contributed by atoms with E-state index in [0.717, 1.165) is 0 Å². The van der Waals surface area contributed by atoms with Crippen molar-refractivity contribution in [2.24, 2.45) is 0 Å². The zero-order valence-corrected chi connectivity index (χ0v) is 18.4. The maximum atomic E-state index is 12.9. The van der Waals surface area contributed by atoms with E-state index in [-0.39, 0.29) is 17.7 Å². The third-order valence-corrected chi connectivity index (χ3v) is 5.29. The van der Waals surface area contributed by atoms with Crippen LogP contribution in [0, 0.1) is 10.1 Å². The number of hydrogen-bond donors (Lipinski definition) is 4. The van der Waals surface area contributed by atoms with E-state index >= 15 is 0 Å². The van der Waals surface area contributed by atoms with Crippen LogP contribution in [0.2, 0.25) is 0 Å². The first kappa shape index (κ1) is 25.1. The number of nitrogens with zero attached hydrogens (tertiary/aromatic N) is 1. The van der Waals surface area contributed by atoms with Gasteiger partial charge >= 0.3 is 5.97 Å². The lowest BCUT2D eigenvalue weighted by Gasteiger charge is -2.25. The summed E-state index contributed by atoms with van der Waals surface area (Å²) in [5, 5.41) is 36.6. The van der Waals surface area contributed by atoms with Crippen molar-refractivity contribution in [1.82, 2.24) is 10.6 Å². The van der Waals surface area contributed by atoms with Gasteiger partial charge in [0.25, 0.3) is 17.5 Å². The Hall–Kier alpha value is -4.57. The molecule has 0 aliphatic rings. The van der Waals surface area contributed by atoms with Gasteiger partial charge in [-0.25, -0.2) is 4.79 Å². The van der Waals surface area contributed by atoms with E-state index in [0.29, 0.717) is 11.1 Å². The minimum Gasteiger partial charge on any atom is -0.480 e. The molecule has 10 heteroatoms. The first-order chi connectivity index (χ1) is 16.8. The smallest absolute Gasteiger partial charge is 0.326 e. The van der Waals surface area contributed by atoms with Gasteiger partial charge in [-0.3, -0.25) is 19.7 Å². The van der Waals surface area contributed by atoms with Crippen molar-refractivity contribution in [3.63, 3.8) is 0 Å². The molecule has 0 radical (unpaired) electrons. The van der Waals surface area contributed by atoms with Crippen LogP contribution in [0.25, 0.3) is 0 Å². The molecule has 0 unspecified atom stereocenters. The Bertz CT molecular complexity index is 1200. The van der Waals surface area contributed by atoms with Crippen molar-refractivity contribution in [2.45, 2.75) is 24.6 Å². The van der Waals surface area contributed by atoms with Crippen LogP contribution in [0.4, 0.5) is 5.69 Å². The second-order valence-electron chi connectivity index (χ2n) is 7.66. The first-order valence-corrected chi connectivity index (χ1v) is 10.6. The molecule has 0 saturated carbocycles. The van der Waals surface area contributed by atoms with Gasteiger partial charge in [-0.1, -0.05) is 66.7 Å². The highest BCUT2D eigenvalue weighted by molar-refractivity contribution is 5.95. The average molecular weight is 477 g/mol. The average Bonchev–Trinajstić information content (AvgIpc) is 2.87. The van der Waals surface area contributed by atoms with Gasteiger partial charge in [-0.15, -0.1) is 0 Å². The number of hydrogen-bond acceptors (Lipinski definition) is 6. The number of aliphatic carboxylic acids is 1. The Morgan fingerprint density at radius 2 is 1.43 bits per heavy atom. The van der Waals surface area contributed by atoms with Crippen molar-refractivity contribution in [3.8, 4) is 0 Å². The number of carbonyl (C=O) groups excluding carboxylic acids is 2. The van der Waals surface area contributed by atoms with Gasteiger partial charge in [0.05, 0.1) is 11.0 Å². The van der Waals surface area contributed by atoms with Gasteiger partial charge in [-0.2, -0.15) is 0 Å². The topological polar surface area (TPSA) is 159 Å². The fourth-order valence-electron chi connectivity index (χ4n) is 3.51. The summed E-state index contributed by atoms with van der Waals surface area (Å²) in [4.78, 5) is 48.0. The second-order valence-corrected chi connectivity index (χ2v) is 7.66. The number of amides is 2. The molecule has 2 amide bonds. The molecule has 3 aromatic carbocycles. The number of rotatable bonds is 10. The van der Waals surface area contributed by atoms with E-state index in [2.05, 4.69) is 10.6 Å². The first-order valence-electron chi connectivity index (χ1n) is 10.6. The lowest BCUT2D eigenvalue weighted by atomic mass is 9.99. The summed E-state index contributed by atoms with van der Waals surface area (Å²) in [7, 11) is 0. The Kier molecular flexibility index (Phi) is 8.25. The zero-order valence-electron chi connectivity index (χ0n) is 18.4. The van der Waals surface area contributed by atoms with Crippen LogP contribution in [-0.4, -0.2) is 45.1 Å². The van der Waals surface area contributed by atoms with E-state index in [4.69, 9.17) is 0 Å². The molecule has 0 fully saturated rings. The molecule has 0 aliphatic carbocycles. The van der Waals surface area contributed by atoms with Crippen molar-refractivity contribution in [3.05, 3.63) is 112 Å². The number of aliphatic hydroxyl groups is 1. The van der Waals surface area contributed by atoms with Gasteiger partial charge in [0.2, 0.25) is 0 Å². The minimum atomic E-state index is -1.85. The fraction of sp³-hybridized carbons (Fsp3) is 0.160. The van der Waals surface area contributed by atoms with Gasteiger partial charge in [-0.05, 0) is 17.7 Å². The lowest BCUT2D eigenvalue weighted by molar-refractivity contribution is -0.385. The minimum absolute atomic E-state index is 0.108. The summed E-state index contributed by atoms with van der Waals surface area (Å²) in [6.45, 7) is 0. The molecule has 180 valence electrons. The number of carboxylic acids is 1. The molecule has 0 aromatic heterocycles. The molecule has 3 aromatic rings. The van der Waals surface area contributed by atoms with Gasteiger partial charge in [0.1, 0.15) is 6.04 Å². The maximum Gasteiger partial charge on any atom is 0.326 e. The Labute approximate surface area is 200 Å². The number of nitro benzene ring substituents is 1. The highest BCUT2D eigenvalue weighted by Gasteiger charge is 2.33. The van der Waals surface area contributed by atoms with Crippen LogP contribution in [-0.2, 0) is 16.0 Å². The summed E-state index contributed by atoms with van der Waals surface area (Å²) in [5.41, 5.74) is 0.549. The third kappa shape index (κ3) is 6.49.